The van der Waals surface area contributed by atoms with Crippen molar-refractivity contribution in [3.63, 3.8) is 0 Å². The van der Waals surface area contributed by atoms with Gasteiger partial charge in [0.05, 0.1) is 12.1 Å². The molecule has 1 unspecified atom stereocenters. The molecule has 5 heteroatoms. The van der Waals surface area contributed by atoms with Crippen molar-refractivity contribution in [3.05, 3.63) is 84.6 Å². The van der Waals surface area contributed by atoms with E-state index in [-0.39, 0.29) is 0 Å². The molecule has 0 spiro atoms. The number of aromatic nitrogens is 3. The molecule has 1 aliphatic rings. The lowest BCUT2D eigenvalue weighted by Crippen LogP contribution is -2.31. The van der Waals surface area contributed by atoms with Gasteiger partial charge in [-0.3, -0.25) is 4.98 Å². The van der Waals surface area contributed by atoms with Crippen LogP contribution in [0.15, 0.2) is 79.0 Å². The molecule has 0 bridgehead atoms. The molecule has 1 aliphatic heterocycles. The Morgan fingerprint density at radius 2 is 1.64 bits per heavy atom. The third-order valence-electron chi connectivity index (χ3n) is 5.34. The summed E-state index contributed by atoms with van der Waals surface area (Å²) >= 11 is 0. The minimum Gasteiger partial charge on any atom is -0.383 e. The maximum atomic E-state index is 11.3. The van der Waals surface area contributed by atoms with Crippen LogP contribution in [0.1, 0.15) is 12.0 Å². The number of para-hydroxylation sites is 1. The van der Waals surface area contributed by atoms with Crippen LogP contribution in [0.4, 0.5) is 5.82 Å². The molecular formula is C23H20N4O. The molecule has 1 fully saturated rings. The lowest BCUT2D eigenvalue weighted by molar-refractivity contribution is 0.0606. The summed E-state index contributed by atoms with van der Waals surface area (Å²) in [6.45, 7) is 1.23. The normalized spacial score (nSPS) is 19.2. The van der Waals surface area contributed by atoms with Gasteiger partial charge in [-0.25, -0.2) is 9.97 Å². The predicted octanol–water partition coefficient (Wildman–Crippen LogP) is 3.79. The molecule has 3 heterocycles. The second kappa shape index (κ2) is 6.69. The van der Waals surface area contributed by atoms with E-state index in [4.69, 9.17) is 9.97 Å². The van der Waals surface area contributed by atoms with Gasteiger partial charge in [-0.2, -0.15) is 0 Å². The minimum atomic E-state index is -0.877. The first kappa shape index (κ1) is 16.8. The third kappa shape index (κ3) is 2.90. The highest BCUT2D eigenvalue weighted by Gasteiger charge is 2.38. The van der Waals surface area contributed by atoms with E-state index in [1.807, 2.05) is 72.8 Å². The van der Waals surface area contributed by atoms with Gasteiger partial charge in [-0.1, -0.05) is 48.5 Å². The molecule has 2 aromatic heterocycles. The summed E-state index contributed by atoms with van der Waals surface area (Å²) in [5.74, 6) is 1.45. The molecule has 5 rings (SSSR count). The summed E-state index contributed by atoms with van der Waals surface area (Å²) < 4.78 is 0. The molecule has 0 radical (unpaired) electrons. The van der Waals surface area contributed by atoms with Gasteiger partial charge >= 0.3 is 0 Å². The standard InChI is InChI=1S/C23H20N4O/c28-23(17-8-2-1-3-9-17)13-15-27(16-23)22-18-10-4-5-11-19(18)25-21(26-22)20-12-6-7-14-24-20/h1-12,14,28H,13,15-16H2. The van der Waals surface area contributed by atoms with Gasteiger partial charge in [0.2, 0.25) is 0 Å². The second-order valence-corrected chi connectivity index (χ2v) is 7.17. The van der Waals surface area contributed by atoms with Crippen molar-refractivity contribution >= 4 is 16.7 Å². The Bertz CT molecular complexity index is 1120. The summed E-state index contributed by atoms with van der Waals surface area (Å²) in [6.07, 6.45) is 2.41. The van der Waals surface area contributed by atoms with Crippen molar-refractivity contribution in [3.8, 4) is 11.5 Å². The topological polar surface area (TPSA) is 62.1 Å². The number of benzene rings is 2. The number of aliphatic hydroxyl groups is 1. The van der Waals surface area contributed by atoms with E-state index in [9.17, 15) is 5.11 Å². The predicted molar refractivity (Wildman–Crippen MR) is 110 cm³/mol. The molecule has 0 saturated carbocycles. The van der Waals surface area contributed by atoms with Gasteiger partial charge in [-0.15, -0.1) is 0 Å². The number of pyridine rings is 1. The quantitative estimate of drug-likeness (QED) is 0.596. The van der Waals surface area contributed by atoms with Crippen LogP contribution in [0.5, 0.6) is 0 Å². The smallest absolute Gasteiger partial charge is 0.180 e. The van der Waals surface area contributed by atoms with Crippen molar-refractivity contribution in [2.75, 3.05) is 18.0 Å². The summed E-state index contributed by atoms with van der Waals surface area (Å²) in [4.78, 5) is 16.1. The molecule has 28 heavy (non-hydrogen) atoms. The van der Waals surface area contributed by atoms with E-state index >= 15 is 0 Å². The van der Waals surface area contributed by atoms with Gasteiger partial charge < -0.3 is 10.0 Å². The molecule has 0 amide bonds. The zero-order valence-corrected chi connectivity index (χ0v) is 15.4. The average molecular weight is 368 g/mol. The molecule has 1 N–H and O–H groups in total. The average Bonchev–Trinajstić information content (AvgIpc) is 3.17. The first-order valence-corrected chi connectivity index (χ1v) is 9.44. The summed E-state index contributed by atoms with van der Waals surface area (Å²) in [5.41, 5.74) is 1.69. The molecule has 5 nitrogen and oxygen atoms in total. The van der Waals surface area contributed by atoms with Gasteiger partial charge in [0.15, 0.2) is 5.82 Å². The lowest BCUT2D eigenvalue weighted by atomic mass is 9.93. The lowest BCUT2D eigenvalue weighted by Gasteiger charge is -2.25. The van der Waals surface area contributed by atoms with Crippen LogP contribution in [-0.4, -0.2) is 33.1 Å². The van der Waals surface area contributed by atoms with E-state index in [0.717, 1.165) is 34.5 Å². The molecule has 138 valence electrons. The highest BCUT2D eigenvalue weighted by atomic mass is 16.3. The second-order valence-electron chi connectivity index (χ2n) is 7.17. The third-order valence-corrected chi connectivity index (χ3v) is 5.34. The summed E-state index contributed by atoms with van der Waals surface area (Å²) in [6, 6.07) is 23.6. The fourth-order valence-electron chi connectivity index (χ4n) is 3.87. The maximum absolute atomic E-state index is 11.3. The molecule has 2 aromatic carbocycles. The minimum absolute atomic E-state index is 0.500. The monoisotopic (exact) mass is 368 g/mol. The van der Waals surface area contributed by atoms with Crippen molar-refractivity contribution < 1.29 is 5.11 Å². The van der Waals surface area contributed by atoms with Crippen molar-refractivity contribution in [1.82, 2.24) is 15.0 Å². The first-order valence-electron chi connectivity index (χ1n) is 9.44. The maximum Gasteiger partial charge on any atom is 0.180 e. The fraction of sp³-hybridized carbons (Fsp3) is 0.174. The van der Waals surface area contributed by atoms with Crippen LogP contribution in [0.2, 0.25) is 0 Å². The largest absolute Gasteiger partial charge is 0.383 e. The van der Waals surface area contributed by atoms with E-state index in [1.165, 1.54) is 0 Å². The number of fused-ring (bicyclic) bond motifs is 1. The van der Waals surface area contributed by atoms with E-state index in [0.29, 0.717) is 18.8 Å². The molecule has 4 aromatic rings. The van der Waals surface area contributed by atoms with Crippen LogP contribution >= 0.6 is 0 Å². The van der Waals surface area contributed by atoms with E-state index in [1.54, 1.807) is 6.20 Å². The Morgan fingerprint density at radius 3 is 2.46 bits per heavy atom. The van der Waals surface area contributed by atoms with Crippen LogP contribution < -0.4 is 4.90 Å². The Kier molecular flexibility index (Phi) is 4.02. The number of anilines is 1. The van der Waals surface area contributed by atoms with Crippen LogP contribution in [0.25, 0.3) is 22.4 Å². The number of hydrogen-bond donors (Lipinski definition) is 1. The molecule has 1 atom stereocenters. The Hall–Kier alpha value is -3.31. The zero-order valence-electron chi connectivity index (χ0n) is 15.4. The highest BCUT2D eigenvalue weighted by Crippen LogP contribution is 2.36. The van der Waals surface area contributed by atoms with Crippen molar-refractivity contribution in [2.45, 2.75) is 12.0 Å². The van der Waals surface area contributed by atoms with Gasteiger partial charge in [0.25, 0.3) is 0 Å². The SMILES string of the molecule is OC1(c2ccccc2)CCN(c2nc(-c3ccccn3)nc3ccccc23)C1. The number of β-amino-alcohol motifs (C(OH)–C–C–N with tert-alkyl or cyclic N) is 1. The van der Waals surface area contributed by atoms with Gasteiger partial charge in [0, 0.05) is 18.1 Å². The highest BCUT2D eigenvalue weighted by molar-refractivity contribution is 5.91. The van der Waals surface area contributed by atoms with Gasteiger partial charge in [0.1, 0.15) is 17.1 Å². The fourth-order valence-corrected chi connectivity index (χ4v) is 3.87. The molecule has 1 saturated heterocycles. The Labute approximate surface area is 163 Å². The Balaban J connectivity index is 1.59. The number of rotatable bonds is 3. The van der Waals surface area contributed by atoms with Crippen LogP contribution in [0, 0.1) is 0 Å². The van der Waals surface area contributed by atoms with E-state index in [2.05, 4.69) is 9.88 Å². The first-order chi connectivity index (χ1) is 13.7. The Morgan fingerprint density at radius 1 is 0.857 bits per heavy atom. The number of hydrogen-bond acceptors (Lipinski definition) is 5. The summed E-state index contributed by atoms with van der Waals surface area (Å²) in [5, 5.41) is 12.2. The van der Waals surface area contributed by atoms with Crippen LogP contribution in [-0.2, 0) is 5.60 Å². The van der Waals surface area contributed by atoms with E-state index < -0.39 is 5.60 Å². The number of nitrogens with zero attached hydrogens (tertiary/aromatic N) is 4. The van der Waals surface area contributed by atoms with Gasteiger partial charge in [-0.05, 0) is 36.2 Å². The molecular weight excluding hydrogens is 348 g/mol. The molecule has 0 aliphatic carbocycles. The van der Waals surface area contributed by atoms with Crippen molar-refractivity contribution in [1.29, 1.82) is 0 Å². The zero-order chi connectivity index (χ0) is 19.0. The van der Waals surface area contributed by atoms with Crippen molar-refractivity contribution in [2.24, 2.45) is 0 Å². The summed E-state index contributed by atoms with van der Waals surface area (Å²) in [7, 11) is 0. The van der Waals surface area contributed by atoms with Crippen LogP contribution in [0.3, 0.4) is 0 Å².